The molecule has 4 heterocycles. The Hall–Kier alpha value is -1.44. The largest absolute Gasteiger partial charge is 0.381 e. The zero-order valence-electron chi connectivity index (χ0n) is 15.2. The first-order chi connectivity index (χ1) is 12.1. The molecule has 4 rings (SSSR count). The second kappa shape index (κ2) is 6.70. The lowest BCUT2D eigenvalue weighted by molar-refractivity contribution is -0.152. The van der Waals surface area contributed by atoms with Crippen LogP contribution in [0.15, 0.2) is 4.52 Å². The minimum absolute atomic E-state index is 0.234. The number of hydrogen-bond donors (Lipinski definition) is 1. The molecule has 1 N–H and O–H groups in total. The van der Waals surface area contributed by atoms with Crippen molar-refractivity contribution < 1.29 is 14.1 Å². The molecule has 3 aliphatic heterocycles. The van der Waals surface area contributed by atoms with Gasteiger partial charge in [-0.25, -0.2) is 0 Å². The third-order valence-corrected chi connectivity index (χ3v) is 6.27. The fourth-order valence-electron chi connectivity index (χ4n) is 4.53. The van der Waals surface area contributed by atoms with Crippen molar-refractivity contribution in [3.8, 4) is 0 Å². The normalized spacial score (nSPS) is 30.5. The fourth-order valence-corrected chi connectivity index (χ4v) is 4.53. The highest BCUT2D eigenvalue weighted by atomic mass is 16.5. The summed E-state index contributed by atoms with van der Waals surface area (Å²) in [4.78, 5) is 17.7. The summed E-state index contributed by atoms with van der Waals surface area (Å²) in [7, 11) is 0. The molecule has 25 heavy (non-hydrogen) atoms. The van der Waals surface area contributed by atoms with Crippen LogP contribution in [0.5, 0.6) is 0 Å². The van der Waals surface area contributed by atoms with Crippen LogP contribution < -0.4 is 5.32 Å². The van der Waals surface area contributed by atoms with Crippen molar-refractivity contribution in [3.63, 3.8) is 0 Å². The third-order valence-electron chi connectivity index (χ3n) is 6.27. The topological polar surface area (TPSA) is 70.8 Å². The van der Waals surface area contributed by atoms with Crippen LogP contribution in [0.2, 0.25) is 0 Å². The molecule has 7 nitrogen and oxygen atoms in total. The lowest BCUT2D eigenvalue weighted by Gasteiger charge is -2.43. The number of carbonyl (C=O) groups excluding carboxylic acids is 1. The SMILES string of the molecule is Cc1noc(C)c1CN1CCN(C(=O)[C@@]23CCOC[C@@H]2CNC3)CC1. The molecule has 3 fully saturated rings. The average molecular weight is 348 g/mol. The van der Waals surface area contributed by atoms with Crippen molar-refractivity contribution in [3.05, 3.63) is 17.0 Å². The quantitative estimate of drug-likeness (QED) is 0.861. The number of fused-ring (bicyclic) bond motifs is 1. The molecule has 0 aliphatic carbocycles. The molecule has 3 saturated heterocycles. The van der Waals surface area contributed by atoms with Gasteiger partial charge in [-0.3, -0.25) is 9.69 Å². The maximum absolute atomic E-state index is 13.3. The zero-order chi connectivity index (χ0) is 17.4. The van der Waals surface area contributed by atoms with Gasteiger partial charge in [0.25, 0.3) is 0 Å². The van der Waals surface area contributed by atoms with Crippen LogP contribution >= 0.6 is 0 Å². The van der Waals surface area contributed by atoms with Gasteiger partial charge in [-0.1, -0.05) is 5.16 Å². The number of rotatable bonds is 3. The molecule has 2 atom stereocenters. The lowest BCUT2D eigenvalue weighted by atomic mass is 9.73. The Morgan fingerprint density at radius 2 is 2.12 bits per heavy atom. The molecule has 0 unspecified atom stereocenters. The highest BCUT2D eigenvalue weighted by molar-refractivity contribution is 5.84. The predicted molar refractivity (Wildman–Crippen MR) is 92.1 cm³/mol. The van der Waals surface area contributed by atoms with Gasteiger partial charge >= 0.3 is 0 Å². The first-order valence-electron chi connectivity index (χ1n) is 9.32. The Kier molecular flexibility index (Phi) is 4.56. The second-order valence-corrected chi connectivity index (χ2v) is 7.68. The van der Waals surface area contributed by atoms with Crippen molar-refractivity contribution in [2.45, 2.75) is 26.8 Å². The van der Waals surface area contributed by atoms with Gasteiger partial charge in [0.2, 0.25) is 5.91 Å². The highest BCUT2D eigenvalue weighted by Gasteiger charge is 2.52. The van der Waals surface area contributed by atoms with Gasteiger partial charge in [-0.2, -0.15) is 0 Å². The Morgan fingerprint density at radius 1 is 1.32 bits per heavy atom. The summed E-state index contributed by atoms with van der Waals surface area (Å²) in [5.74, 6) is 1.56. The first-order valence-corrected chi connectivity index (χ1v) is 9.32. The molecule has 0 saturated carbocycles. The predicted octanol–water partition coefficient (Wildman–Crippen LogP) is 0.562. The smallest absolute Gasteiger partial charge is 0.230 e. The van der Waals surface area contributed by atoms with E-state index in [-0.39, 0.29) is 5.41 Å². The minimum Gasteiger partial charge on any atom is -0.381 e. The van der Waals surface area contributed by atoms with Gasteiger partial charge in [-0.05, 0) is 20.3 Å². The van der Waals surface area contributed by atoms with Crippen molar-refractivity contribution in [2.75, 3.05) is 52.5 Å². The van der Waals surface area contributed by atoms with Gasteiger partial charge in [0.05, 0.1) is 17.7 Å². The highest BCUT2D eigenvalue weighted by Crippen LogP contribution is 2.40. The molecule has 138 valence electrons. The number of nitrogens with one attached hydrogen (secondary N) is 1. The Bertz CT molecular complexity index is 619. The second-order valence-electron chi connectivity index (χ2n) is 7.68. The summed E-state index contributed by atoms with van der Waals surface area (Å²) in [6.45, 7) is 11.3. The van der Waals surface area contributed by atoms with E-state index in [1.807, 2.05) is 13.8 Å². The summed E-state index contributed by atoms with van der Waals surface area (Å²) in [5.41, 5.74) is 1.92. The van der Waals surface area contributed by atoms with E-state index in [1.165, 1.54) is 5.56 Å². The number of nitrogens with zero attached hydrogens (tertiary/aromatic N) is 3. The molecule has 0 bridgehead atoms. The van der Waals surface area contributed by atoms with Gasteiger partial charge < -0.3 is 19.5 Å². The van der Waals surface area contributed by atoms with Crippen LogP contribution in [0.25, 0.3) is 0 Å². The van der Waals surface area contributed by atoms with E-state index in [1.54, 1.807) is 0 Å². The van der Waals surface area contributed by atoms with Crippen molar-refractivity contribution in [1.82, 2.24) is 20.3 Å². The number of piperazine rings is 1. The molecule has 3 aliphatic rings. The van der Waals surface area contributed by atoms with Crippen molar-refractivity contribution >= 4 is 5.91 Å². The van der Waals surface area contributed by atoms with Crippen LogP contribution in [0.3, 0.4) is 0 Å². The lowest BCUT2D eigenvalue weighted by Crippen LogP contribution is -2.56. The molecule has 0 radical (unpaired) electrons. The van der Waals surface area contributed by atoms with E-state index in [9.17, 15) is 4.79 Å². The van der Waals surface area contributed by atoms with Crippen LogP contribution in [-0.2, 0) is 16.1 Å². The van der Waals surface area contributed by atoms with Gasteiger partial charge in [0.1, 0.15) is 5.76 Å². The monoisotopic (exact) mass is 348 g/mol. The zero-order valence-corrected chi connectivity index (χ0v) is 15.2. The summed E-state index contributed by atoms with van der Waals surface area (Å²) >= 11 is 0. The Balaban J connectivity index is 1.38. The maximum Gasteiger partial charge on any atom is 0.230 e. The van der Waals surface area contributed by atoms with Gasteiger partial charge in [0.15, 0.2) is 0 Å². The average Bonchev–Trinajstić information content (AvgIpc) is 3.21. The van der Waals surface area contributed by atoms with E-state index in [0.29, 0.717) is 25.0 Å². The molecule has 1 aromatic heterocycles. The summed E-state index contributed by atoms with van der Waals surface area (Å²) in [6, 6.07) is 0. The molecule has 1 aromatic rings. The first kappa shape index (κ1) is 17.0. The van der Waals surface area contributed by atoms with E-state index in [0.717, 1.165) is 63.7 Å². The number of hydrogen-bond acceptors (Lipinski definition) is 6. The standard InChI is InChI=1S/C18H28N4O3/c1-13-16(14(2)25-20-13)10-21-4-6-22(7-5-21)17(23)18-3-8-24-11-15(18)9-19-12-18/h15,19H,3-12H2,1-2H3/t15-,18+/m0/s1. The van der Waals surface area contributed by atoms with E-state index in [4.69, 9.17) is 9.26 Å². The van der Waals surface area contributed by atoms with Crippen LogP contribution in [-0.4, -0.2) is 73.3 Å². The van der Waals surface area contributed by atoms with Crippen molar-refractivity contribution in [2.24, 2.45) is 11.3 Å². The van der Waals surface area contributed by atoms with Crippen LogP contribution in [0.1, 0.15) is 23.4 Å². The molecule has 7 heteroatoms. The molecule has 0 spiro atoms. The summed E-state index contributed by atoms with van der Waals surface area (Å²) < 4.78 is 10.9. The summed E-state index contributed by atoms with van der Waals surface area (Å²) in [5, 5.41) is 7.46. The molecular formula is C18H28N4O3. The molecular weight excluding hydrogens is 320 g/mol. The maximum atomic E-state index is 13.3. The summed E-state index contributed by atoms with van der Waals surface area (Å²) in [6.07, 6.45) is 0.850. The van der Waals surface area contributed by atoms with Gasteiger partial charge in [-0.15, -0.1) is 0 Å². The Labute approximate surface area is 148 Å². The number of ether oxygens (including phenoxy) is 1. The van der Waals surface area contributed by atoms with E-state index < -0.39 is 0 Å². The van der Waals surface area contributed by atoms with Crippen LogP contribution in [0, 0.1) is 25.2 Å². The van der Waals surface area contributed by atoms with Crippen LogP contribution in [0.4, 0.5) is 0 Å². The Morgan fingerprint density at radius 3 is 2.84 bits per heavy atom. The van der Waals surface area contributed by atoms with E-state index in [2.05, 4.69) is 20.3 Å². The van der Waals surface area contributed by atoms with Crippen molar-refractivity contribution in [1.29, 1.82) is 0 Å². The number of carbonyl (C=O) groups is 1. The number of aromatic nitrogens is 1. The number of aryl methyl sites for hydroxylation is 2. The number of amides is 1. The van der Waals surface area contributed by atoms with E-state index >= 15 is 0 Å². The molecule has 0 aromatic carbocycles. The minimum atomic E-state index is -0.234. The molecule has 1 amide bonds. The third kappa shape index (κ3) is 2.98. The fraction of sp³-hybridized carbons (Fsp3) is 0.778. The van der Waals surface area contributed by atoms with Gasteiger partial charge in [0, 0.05) is 63.9 Å².